The molecule has 45 heavy (non-hydrogen) atoms. The van der Waals surface area contributed by atoms with Gasteiger partial charge in [-0.05, 0) is 75.3 Å². The molecule has 5 heterocycles. The van der Waals surface area contributed by atoms with Crippen molar-refractivity contribution in [1.29, 1.82) is 0 Å². The molecule has 0 saturated carbocycles. The number of aromatic nitrogens is 3. The Morgan fingerprint density at radius 1 is 1.00 bits per heavy atom. The molecule has 3 aromatic rings. The summed E-state index contributed by atoms with van der Waals surface area (Å²) < 4.78 is 0. The SMILES string of the molecule is CC1(NCC2CCN(c3ccc(C4CCC(=O)NC4=O)cn3)CC2)CCN(c2cnc(Sc3cccc(N)c3Cl)c(N)n2)CC1. The maximum atomic E-state index is 12.2. The van der Waals surface area contributed by atoms with Crippen LogP contribution in [0, 0.1) is 5.92 Å². The van der Waals surface area contributed by atoms with E-state index in [9.17, 15) is 9.59 Å². The molecule has 1 aromatic carbocycles. The fraction of sp³-hybridized carbons (Fsp3) is 0.469. The number of imide groups is 1. The predicted molar refractivity (Wildman–Crippen MR) is 179 cm³/mol. The number of nitrogens with zero attached hydrogens (tertiary/aromatic N) is 5. The highest BCUT2D eigenvalue weighted by molar-refractivity contribution is 7.99. The first kappa shape index (κ1) is 31.4. The van der Waals surface area contributed by atoms with Crippen LogP contribution in [0.3, 0.4) is 0 Å². The molecule has 238 valence electrons. The number of hydrogen-bond acceptors (Lipinski definition) is 11. The van der Waals surface area contributed by atoms with Crippen molar-refractivity contribution in [2.75, 3.05) is 54.0 Å². The number of piperidine rings is 3. The highest BCUT2D eigenvalue weighted by Crippen LogP contribution is 2.38. The van der Waals surface area contributed by atoms with Crippen molar-refractivity contribution in [2.45, 2.75) is 66.8 Å². The molecule has 1 atom stereocenters. The second kappa shape index (κ2) is 13.4. The van der Waals surface area contributed by atoms with Gasteiger partial charge in [0, 0.05) is 49.2 Å². The molecule has 0 spiro atoms. The number of halogens is 1. The number of anilines is 4. The molecule has 6 N–H and O–H groups in total. The number of carbonyl (C=O) groups excluding carboxylic acids is 2. The molecule has 3 fully saturated rings. The lowest BCUT2D eigenvalue weighted by Crippen LogP contribution is -2.53. The summed E-state index contributed by atoms with van der Waals surface area (Å²) in [5.41, 5.74) is 13.7. The molecule has 3 saturated heterocycles. The van der Waals surface area contributed by atoms with Crippen LogP contribution >= 0.6 is 23.4 Å². The largest absolute Gasteiger partial charge is 0.397 e. The summed E-state index contributed by atoms with van der Waals surface area (Å²) in [5.74, 6) is 2.01. The van der Waals surface area contributed by atoms with E-state index < -0.39 is 0 Å². The molecule has 3 aliphatic rings. The molecule has 0 radical (unpaired) electrons. The van der Waals surface area contributed by atoms with Crippen molar-refractivity contribution < 1.29 is 9.59 Å². The number of pyridine rings is 1. The minimum Gasteiger partial charge on any atom is -0.397 e. The van der Waals surface area contributed by atoms with E-state index in [1.165, 1.54) is 11.8 Å². The lowest BCUT2D eigenvalue weighted by Gasteiger charge is -2.42. The second-order valence-corrected chi connectivity index (χ2v) is 13.9. The van der Waals surface area contributed by atoms with Crippen molar-refractivity contribution in [3.05, 3.63) is 53.3 Å². The number of nitrogen functional groups attached to an aromatic ring is 2. The maximum Gasteiger partial charge on any atom is 0.234 e. The Labute approximate surface area is 272 Å². The Balaban J connectivity index is 0.949. The number of amides is 2. The fourth-order valence-corrected chi connectivity index (χ4v) is 7.35. The number of hydrogen-bond donors (Lipinski definition) is 4. The summed E-state index contributed by atoms with van der Waals surface area (Å²) in [4.78, 5) is 43.0. The number of nitrogens with one attached hydrogen (secondary N) is 2. The van der Waals surface area contributed by atoms with Gasteiger partial charge < -0.3 is 26.6 Å². The summed E-state index contributed by atoms with van der Waals surface area (Å²) in [6.45, 7) is 6.99. The van der Waals surface area contributed by atoms with Crippen molar-refractivity contribution in [3.63, 3.8) is 0 Å². The first-order valence-corrected chi connectivity index (χ1v) is 16.8. The van der Waals surface area contributed by atoms with E-state index in [-0.39, 0.29) is 23.3 Å². The van der Waals surface area contributed by atoms with Gasteiger partial charge in [0.05, 0.1) is 22.8 Å². The molecule has 0 bridgehead atoms. The summed E-state index contributed by atoms with van der Waals surface area (Å²) in [6, 6.07) is 9.50. The molecule has 2 amide bonds. The van der Waals surface area contributed by atoms with Gasteiger partial charge in [0.2, 0.25) is 11.8 Å². The van der Waals surface area contributed by atoms with Gasteiger partial charge in [0.1, 0.15) is 16.7 Å². The molecule has 6 rings (SSSR count). The van der Waals surface area contributed by atoms with Gasteiger partial charge in [-0.2, -0.15) is 0 Å². The zero-order valence-electron chi connectivity index (χ0n) is 25.5. The van der Waals surface area contributed by atoms with Crippen LogP contribution in [0.1, 0.15) is 56.9 Å². The Morgan fingerprint density at radius 3 is 2.44 bits per heavy atom. The van der Waals surface area contributed by atoms with Crippen LogP contribution in [0.2, 0.25) is 5.02 Å². The number of benzene rings is 1. The van der Waals surface area contributed by atoms with E-state index in [0.29, 0.717) is 40.3 Å². The zero-order chi connectivity index (χ0) is 31.6. The van der Waals surface area contributed by atoms with E-state index in [1.54, 1.807) is 18.5 Å². The zero-order valence-corrected chi connectivity index (χ0v) is 27.0. The van der Waals surface area contributed by atoms with Gasteiger partial charge in [-0.1, -0.05) is 35.5 Å². The van der Waals surface area contributed by atoms with Crippen molar-refractivity contribution >= 4 is 58.3 Å². The third-order valence-electron chi connectivity index (χ3n) is 9.31. The summed E-state index contributed by atoms with van der Waals surface area (Å²) in [6.07, 6.45) is 8.71. The topological polar surface area (TPSA) is 155 Å². The van der Waals surface area contributed by atoms with Gasteiger partial charge >= 0.3 is 0 Å². The van der Waals surface area contributed by atoms with Gasteiger partial charge in [-0.3, -0.25) is 14.9 Å². The first-order chi connectivity index (χ1) is 21.7. The molecule has 0 aliphatic carbocycles. The minimum absolute atomic E-state index is 0.0692. The van der Waals surface area contributed by atoms with Crippen LogP contribution in [0.4, 0.5) is 23.1 Å². The molecule has 11 nitrogen and oxygen atoms in total. The van der Waals surface area contributed by atoms with E-state index in [2.05, 4.69) is 42.3 Å². The lowest BCUT2D eigenvalue weighted by molar-refractivity contribution is -0.134. The standard InChI is InChI=1S/C32H40ClN9O2S/c1-32(11-15-42(16-12-32)26-19-37-31(29(35)39-26)45-24-4-2-3-23(34)28(24)33)38-17-20-9-13-41(14-10-20)25-7-5-21(18-36-25)22-6-8-27(43)40-30(22)44/h2-5,7,18-20,22,38H,6,8-17,34H2,1H3,(H2,35,39)(H,40,43,44). The lowest BCUT2D eigenvalue weighted by atomic mass is 9.88. The Kier molecular flexibility index (Phi) is 9.34. The van der Waals surface area contributed by atoms with Gasteiger partial charge in [-0.25, -0.2) is 15.0 Å². The normalized spacial score (nSPS) is 20.7. The van der Waals surface area contributed by atoms with Crippen LogP contribution < -0.4 is 31.9 Å². The van der Waals surface area contributed by atoms with Gasteiger partial charge in [0.25, 0.3) is 0 Å². The van der Waals surface area contributed by atoms with Crippen molar-refractivity contribution in [1.82, 2.24) is 25.6 Å². The smallest absolute Gasteiger partial charge is 0.234 e. The monoisotopic (exact) mass is 649 g/mol. The van der Waals surface area contributed by atoms with Crippen molar-refractivity contribution in [2.24, 2.45) is 5.92 Å². The Morgan fingerprint density at radius 2 is 1.76 bits per heavy atom. The third kappa shape index (κ3) is 7.29. The number of carbonyl (C=O) groups is 2. The molecule has 13 heteroatoms. The number of rotatable bonds is 8. The molecule has 3 aliphatic heterocycles. The van der Waals surface area contributed by atoms with Crippen molar-refractivity contribution in [3.8, 4) is 0 Å². The molecule has 1 unspecified atom stereocenters. The Hall–Kier alpha value is -3.61. The highest BCUT2D eigenvalue weighted by Gasteiger charge is 2.32. The van der Waals surface area contributed by atoms with E-state index in [1.807, 2.05) is 24.3 Å². The van der Waals surface area contributed by atoms with Gasteiger partial charge in [-0.15, -0.1) is 0 Å². The van der Waals surface area contributed by atoms with E-state index in [0.717, 1.165) is 80.5 Å². The quantitative estimate of drug-likeness (QED) is 0.205. The van der Waals surface area contributed by atoms with E-state index in [4.69, 9.17) is 23.1 Å². The maximum absolute atomic E-state index is 12.2. The van der Waals surface area contributed by atoms with Crippen LogP contribution in [-0.2, 0) is 9.59 Å². The second-order valence-electron chi connectivity index (χ2n) is 12.5. The fourth-order valence-electron chi connectivity index (χ4n) is 6.29. The highest BCUT2D eigenvalue weighted by atomic mass is 35.5. The Bertz CT molecular complexity index is 1540. The average molecular weight is 650 g/mol. The van der Waals surface area contributed by atoms with Crippen LogP contribution in [0.5, 0.6) is 0 Å². The van der Waals surface area contributed by atoms with Gasteiger partial charge in [0.15, 0.2) is 5.82 Å². The summed E-state index contributed by atoms with van der Waals surface area (Å²) >= 11 is 7.71. The number of nitrogens with two attached hydrogens (primary N) is 2. The summed E-state index contributed by atoms with van der Waals surface area (Å²) in [5, 5.41) is 7.43. The summed E-state index contributed by atoms with van der Waals surface area (Å²) in [7, 11) is 0. The molecular weight excluding hydrogens is 610 g/mol. The molecular formula is C32H40ClN9O2S. The predicted octanol–water partition coefficient (Wildman–Crippen LogP) is 4.23. The molecule has 2 aromatic heterocycles. The van der Waals surface area contributed by atoms with Crippen LogP contribution in [0.25, 0.3) is 0 Å². The third-order valence-corrected chi connectivity index (χ3v) is 10.9. The van der Waals surface area contributed by atoms with Crippen LogP contribution in [-0.4, -0.2) is 65.0 Å². The first-order valence-electron chi connectivity index (χ1n) is 15.6. The average Bonchev–Trinajstić information content (AvgIpc) is 3.04. The van der Waals surface area contributed by atoms with Crippen LogP contribution in [0.15, 0.2) is 52.6 Å². The van der Waals surface area contributed by atoms with E-state index >= 15 is 0 Å². The minimum atomic E-state index is -0.300.